The minimum absolute atomic E-state index is 0.224. The Hall–Kier alpha value is -2.14. The minimum Gasteiger partial charge on any atom is -0.448 e. The number of furan rings is 1. The molecule has 5 nitrogen and oxygen atoms in total. The molecule has 1 fully saturated rings. The minimum atomic E-state index is -0.822. The first-order chi connectivity index (χ1) is 11.1. The summed E-state index contributed by atoms with van der Waals surface area (Å²) in [7, 11) is 0. The first kappa shape index (κ1) is 14.5. The van der Waals surface area contributed by atoms with Gasteiger partial charge in [0.25, 0.3) is 5.56 Å². The zero-order valence-corrected chi connectivity index (χ0v) is 13.2. The summed E-state index contributed by atoms with van der Waals surface area (Å²) in [4.78, 5) is 17.1. The number of rotatable bonds is 2. The summed E-state index contributed by atoms with van der Waals surface area (Å²) in [5, 5.41) is 11.6. The summed E-state index contributed by atoms with van der Waals surface area (Å²) in [5.74, 6) is 0.642. The molecule has 3 aromatic rings. The third-order valence-electron chi connectivity index (χ3n) is 5.02. The van der Waals surface area contributed by atoms with E-state index in [0.717, 1.165) is 31.1 Å². The van der Waals surface area contributed by atoms with Crippen LogP contribution in [-0.2, 0) is 6.54 Å². The Morgan fingerprint density at radius 3 is 2.87 bits per heavy atom. The fourth-order valence-electron chi connectivity index (χ4n) is 3.50. The van der Waals surface area contributed by atoms with Gasteiger partial charge in [0, 0.05) is 5.39 Å². The normalized spacial score (nSPS) is 25.2. The second kappa shape index (κ2) is 5.20. The first-order valence-corrected chi connectivity index (χ1v) is 8.15. The van der Waals surface area contributed by atoms with Gasteiger partial charge in [-0.25, -0.2) is 4.98 Å². The van der Waals surface area contributed by atoms with Crippen molar-refractivity contribution in [3.05, 3.63) is 40.9 Å². The molecule has 0 unspecified atom stereocenters. The van der Waals surface area contributed by atoms with Crippen molar-refractivity contribution in [2.24, 2.45) is 5.92 Å². The molecule has 0 radical (unpaired) electrons. The van der Waals surface area contributed by atoms with Crippen LogP contribution < -0.4 is 5.56 Å². The predicted molar refractivity (Wildman–Crippen MR) is 88.4 cm³/mol. The van der Waals surface area contributed by atoms with Gasteiger partial charge in [-0.3, -0.25) is 9.36 Å². The van der Waals surface area contributed by atoms with Crippen molar-refractivity contribution < 1.29 is 9.52 Å². The molecule has 1 N–H and O–H groups in total. The highest BCUT2D eigenvalue weighted by atomic mass is 16.3. The zero-order chi connectivity index (χ0) is 16.0. The Labute approximate surface area is 133 Å². The topological polar surface area (TPSA) is 68.3 Å². The van der Waals surface area contributed by atoms with Gasteiger partial charge in [-0.2, -0.15) is 0 Å². The maximum atomic E-state index is 12.7. The van der Waals surface area contributed by atoms with E-state index in [1.54, 1.807) is 0 Å². The number of hydrogen-bond donors (Lipinski definition) is 1. The number of fused-ring (bicyclic) bond motifs is 3. The smallest absolute Gasteiger partial charge is 0.297 e. The molecule has 2 heterocycles. The third kappa shape index (κ3) is 2.45. The van der Waals surface area contributed by atoms with Gasteiger partial charge in [-0.1, -0.05) is 19.1 Å². The Balaban J connectivity index is 1.75. The van der Waals surface area contributed by atoms with Crippen LogP contribution in [0.2, 0.25) is 0 Å². The van der Waals surface area contributed by atoms with Gasteiger partial charge in [0.2, 0.25) is 5.58 Å². The lowest BCUT2D eigenvalue weighted by Crippen LogP contribution is -2.40. The molecule has 0 atom stereocenters. The van der Waals surface area contributed by atoms with Gasteiger partial charge in [-0.05, 0) is 43.7 Å². The van der Waals surface area contributed by atoms with Crippen molar-refractivity contribution in [1.82, 2.24) is 9.55 Å². The SMILES string of the molecule is CC1CCC(O)(Cn2cnc3c(oc4ccccc43)c2=O)CC1. The van der Waals surface area contributed by atoms with Crippen LogP contribution in [0.1, 0.15) is 32.6 Å². The molecule has 0 amide bonds. The summed E-state index contributed by atoms with van der Waals surface area (Å²) in [6.45, 7) is 2.48. The van der Waals surface area contributed by atoms with Gasteiger partial charge in [0.05, 0.1) is 18.5 Å². The lowest BCUT2D eigenvalue weighted by Gasteiger charge is -2.35. The molecule has 0 bridgehead atoms. The Kier molecular flexibility index (Phi) is 3.27. The van der Waals surface area contributed by atoms with Gasteiger partial charge in [0.15, 0.2) is 0 Å². The number of benzene rings is 1. The molecule has 1 saturated carbocycles. The lowest BCUT2D eigenvalue weighted by molar-refractivity contribution is -0.0226. The number of hydrogen-bond acceptors (Lipinski definition) is 4. The van der Waals surface area contributed by atoms with Crippen molar-refractivity contribution in [1.29, 1.82) is 0 Å². The van der Waals surface area contributed by atoms with E-state index in [4.69, 9.17) is 4.42 Å². The first-order valence-electron chi connectivity index (χ1n) is 8.15. The largest absolute Gasteiger partial charge is 0.448 e. The second-order valence-electron chi connectivity index (χ2n) is 6.86. The van der Waals surface area contributed by atoms with Gasteiger partial charge < -0.3 is 9.52 Å². The number of para-hydroxylation sites is 1. The van der Waals surface area contributed by atoms with E-state index in [1.165, 1.54) is 10.9 Å². The highest BCUT2D eigenvalue weighted by molar-refractivity contribution is 6.01. The summed E-state index contributed by atoms with van der Waals surface area (Å²) in [6.07, 6.45) is 4.96. The van der Waals surface area contributed by atoms with Crippen molar-refractivity contribution in [2.45, 2.75) is 44.8 Å². The van der Waals surface area contributed by atoms with E-state index in [-0.39, 0.29) is 17.7 Å². The van der Waals surface area contributed by atoms with Crippen LogP contribution in [0, 0.1) is 5.92 Å². The molecule has 2 aromatic heterocycles. The molecule has 120 valence electrons. The molecule has 0 aliphatic heterocycles. The maximum absolute atomic E-state index is 12.7. The van der Waals surface area contributed by atoms with Crippen LogP contribution in [0.4, 0.5) is 0 Å². The van der Waals surface area contributed by atoms with Crippen LogP contribution >= 0.6 is 0 Å². The highest BCUT2D eigenvalue weighted by Crippen LogP contribution is 2.33. The summed E-state index contributed by atoms with van der Waals surface area (Å²) in [5.41, 5.74) is 0.471. The van der Waals surface area contributed by atoms with E-state index >= 15 is 0 Å². The van der Waals surface area contributed by atoms with E-state index < -0.39 is 5.60 Å². The average molecular weight is 312 g/mol. The van der Waals surface area contributed by atoms with E-state index in [1.807, 2.05) is 24.3 Å². The number of aliphatic hydroxyl groups is 1. The Bertz CT molecular complexity index is 917. The van der Waals surface area contributed by atoms with Gasteiger partial charge in [0.1, 0.15) is 11.1 Å². The summed E-state index contributed by atoms with van der Waals surface area (Å²) in [6, 6.07) is 7.50. The number of aromatic nitrogens is 2. The zero-order valence-electron chi connectivity index (χ0n) is 13.2. The highest BCUT2D eigenvalue weighted by Gasteiger charge is 2.32. The fourth-order valence-corrected chi connectivity index (χ4v) is 3.50. The quantitative estimate of drug-likeness (QED) is 0.789. The maximum Gasteiger partial charge on any atom is 0.297 e. The van der Waals surface area contributed by atoms with Gasteiger partial charge in [-0.15, -0.1) is 0 Å². The molecule has 0 saturated heterocycles. The van der Waals surface area contributed by atoms with Crippen molar-refractivity contribution >= 4 is 22.1 Å². The van der Waals surface area contributed by atoms with Crippen LogP contribution in [0.25, 0.3) is 22.1 Å². The van der Waals surface area contributed by atoms with Gasteiger partial charge >= 0.3 is 0 Å². The molecular weight excluding hydrogens is 292 g/mol. The second-order valence-corrected chi connectivity index (χ2v) is 6.86. The number of nitrogens with zero attached hydrogens (tertiary/aromatic N) is 2. The molecule has 5 heteroatoms. The molecule has 23 heavy (non-hydrogen) atoms. The molecule has 1 aromatic carbocycles. The summed E-state index contributed by atoms with van der Waals surface area (Å²) >= 11 is 0. The van der Waals surface area contributed by atoms with Crippen molar-refractivity contribution in [2.75, 3.05) is 0 Å². The van der Waals surface area contributed by atoms with Crippen LogP contribution in [0.3, 0.4) is 0 Å². The molecule has 4 rings (SSSR count). The summed E-state index contributed by atoms with van der Waals surface area (Å²) < 4.78 is 7.17. The van der Waals surface area contributed by atoms with Crippen molar-refractivity contribution in [3.63, 3.8) is 0 Å². The van der Waals surface area contributed by atoms with E-state index in [9.17, 15) is 9.90 Å². The van der Waals surface area contributed by atoms with E-state index in [2.05, 4.69) is 11.9 Å². The van der Waals surface area contributed by atoms with Crippen molar-refractivity contribution in [3.8, 4) is 0 Å². The molecular formula is C18H20N2O3. The average Bonchev–Trinajstić information content (AvgIpc) is 2.93. The Morgan fingerprint density at radius 1 is 1.35 bits per heavy atom. The molecule has 0 spiro atoms. The van der Waals surface area contributed by atoms with Crippen LogP contribution in [-0.4, -0.2) is 20.3 Å². The molecule has 1 aliphatic carbocycles. The lowest BCUT2D eigenvalue weighted by atomic mass is 9.79. The van der Waals surface area contributed by atoms with Crippen LogP contribution in [0.5, 0.6) is 0 Å². The predicted octanol–water partition coefficient (Wildman–Crippen LogP) is 3.08. The van der Waals surface area contributed by atoms with E-state index in [0.29, 0.717) is 17.0 Å². The fraction of sp³-hybridized carbons (Fsp3) is 0.444. The standard InChI is InChI=1S/C18H20N2O3/c1-12-6-8-18(22,9-7-12)10-20-11-19-15-13-4-2-3-5-14(13)23-16(15)17(20)21/h2-5,11-12,22H,6-10H2,1H3. The van der Waals surface area contributed by atoms with Crippen LogP contribution in [0.15, 0.2) is 39.8 Å². The monoisotopic (exact) mass is 312 g/mol. The Morgan fingerprint density at radius 2 is 2.09 bits per heavy atom. The third-order valence-corrected chi connectivity index (χ3v) is 5.02. The molecule has 1 aliphatic rings.